The summed E-state index contributed by atoms with van der Waals surface area (Å²) in [6.45, 7) is 0.457. The van der Waals surface area contributed by atoms with Gasteiger partial charge >= 0.3 is 5.97 Å². The summed E-state index contributed by atoms with van der Waals surface area (Å²) in [4.78, 5) is 27.6. The third kappa shape index (κ3) is 2.96. The SMILES string of the molecule is O=C(OC1CCCC2CC(C1)NCC2=O)c1c[nH]c2ccccc12. The van der Waals surface area contributed by atoms with Gasteiger partial charge in [0.05, 0.1) is 12.1 Å². The number of carbonyl (C=O) groups is 2. The molecule has 1 saturated carbocycles. The fourth-order valence-corrected chi connectivity index (χ4v) is 4.00. The van der Waals surface area contributed by atoms with Gasteiger partial charge in [0.25, 0.3) is 0 Å². The molecular weight excluding hydrogens is 304 g/mol. The van der Waals surface area contributed by atoms with E-state index in [1.807, 2.05) is 24.3 Å². The van der Waals surface area contributed by atoms with E-state index in [0.717, 1.165) is 43.0 Å². The first-order valence-corrected chi connectivity index (χ1v) is 8.74. The van der Waals surface area contributed by atoms with Crippen molar-refractivity contribution >= 4 is 22.7 Å². The first-order valence-electron chi connectivity index (χ1n) is 8.74. The van der Waals surface area contributed by atoms with Gasteiger partial charge < -0.3 is 15.0 Å². The van der Waals surface area contributed by atoms with Gasteiger partial charge in [-0.3, -0.25) is 4.79 Å². The molecule has 2 aromatic rings. The summed E-state index contributed by atoms with van der Waals surface area (Å²) in [6.07, 6.45) is 5.99. The van der Waals surface area contributed by atoms with Crippen LogP contribution in [0.3, 0.4) is 0 Å². The highest BCUT2D eigenvalue weighted by Crippen LogP contribution is 2.28. The van der Waals surface area contributed by atoms with Crippen molar-refractivity contribution in [2.45, 2.75) is 44.2 Å². The fraction of sp³-hybridized carbons (Fsp3) is 0.474. The molecule has 2 aliphatic rings. The van der Waals surface area contributed by atoms with Crippen molar-refractivity contribution in [2.24, 2.45) is 5.92 Å². The Morgan fingerprint density at radius 2 is 2.04 bits per heavy atom. The van der Waals surface area contributed by atoms with E-state index < -0.39 is 0 Å². The summed E-state index contributed by atoms with van der Waals surface area (Å²) in [5.41, 5.74) is 1.54. The zero-order chi connectivity index (χ0) is 16.5. The number of Topliss-reactive ketones (excluding diaryl/α,β-unsaturated/α-hetero) is 1. The van der Waals surface area contributed by atoms with Crippen LogP contribution in [0.1, 0.15) is 42.5 Å². The molecule has 2 heterocycles. The summed E-state index contributed by atoms with van der Waals surface area (Å²) < 4.78 is 5.81. The van der Waals surface area contributed by atoms with E-state index in [-0.39, 0.29) is 24.0 Å². The Hall–Kier alpha value is -2.14. The Labute approximate surface area is 140 Å². The maximum Gasteiger partial charge on any atom is 0.340 e. The zero-order valence-electron chi connectivity index (χ0n) is 13.6. The number of rotatable bonds is 2. The van der Waals surface area contributed by atoms with Gasteiger partial charge in [-0.05, 0) is 38.2 Å². The van der Waals surface area contributed by atoms with E-state index in [9.17, 15) is 9.59 Å². The average Bonchev–Trinajstić information content (AvgIpc) is 2.99. The molecule has 5 nitrogen and oxygen atoms in total. The van der Waals surface area contributed by atoms with E-state index in [4.69, 9.17) is 4.74 Å². The summed E-state index contributed by atoms with van der Waals surface area (Å²) in [5, 5.41) is 4.19. The van der Waals surface area contributed by atoms with E-state index in [2.05, 4.69) is 10.3 Å². The molecule has 24 heavy (non-hydrogen) atoms. The van der Waals surface area contributed by atoms with E-state index in [1.54, 1.807) is 6.20 Å². The lowest BCUT2D eigenvalue weighted by atomic mass is 9.82. The molecule has 0 spiro atoms. The molecule has 1 aromatic carbocycles. The third-order valence-electron chi connectivity index (χ3n) is 5.30. The smallest absolute Gasteiger partial charge is 0.340 e. The molecule has 2 bridgehead atoms. The number of ketones is 1. The van der Waals surface area contributed by atoms with Crippen LogP contribution in [0.2, 0.25) is 0 Å². The van der Waals surface area contributed by atoms with E-state index >= 15 is 0 Å². The van der Waals surface area contributed by atoms with Crippen LogP contribution >= 0.6 is 0 Å². The van der Waals surface area contributed by atoms with Gasteiger partial charge in [-0.15, -0.1) is 0 Å². The normalized spacial score (nSPS) is 27.5. The second-order valence-corrected chi connectivity index (χ2v) is 6.92. The van der Waals surface area contributed by atoms with Crippen LogP contribution in [0.5, 0.6) is 0 Å². The number of aromatic amines is 1. The number of hydrogen-bond acceptors (Lipinski definition) is 4. The number of fused-ring (bicyclic) bond motifs is 3. The van der Waals surface area contributed by atoms with Crippen LogP contribution in [0.15, 0.2) is 30.5 Å². The molecule has 1 aliphatic carbocycles. The maximum atomic E-state index is 12.6. The monoisotopic (exact) mass is 326 g/mol. The summed E-state index contributed by atoms with van der Waals surface area (Å²) >= 11 is 0. The number of nitrogens with one attached hydrogen (secondary N) is 2. The van der Waals surface area contributed by atoms with Gasteiger partial charge in [0, 0.05) is 29.1 Å². The van der Waals surface area contributed by atoms with E-state index in [1.165, 1.54) is 0 Å². The standard InChI is InChI=1S/C19H22N2O3/c22-18-11-20-13-8-12(18)4-3-5-14(9-13)24-19(23)16-10-21-17-7-2-1-6-15(16)17/h1-2,6-7,10,12-14,20-21H,3-5,8-9,11H2. The topological polar surface area (TPSA) is 71.2 Å². The van der Waals surface area contributed by atoms with Crippen LogP contribution in [0, 0.1) is 5.92 Å². The summed E-state index contributed by atoms with van der Waals surface area (Å²) in [6, 6.07) is 8.01. The number of H-pyrrole nitrogens is 1. The average molecular weight is 326 g/mol. The third-order valence-corrected chi connectivity index (χ3v) is 5.30. The molecule has 2 N–H and O–H groups in total. The minimum Gasteiger partial charge on any atom is -0.459 e. The van der Waals surface area contributed by atoms with Crippen molar-refractivity contribution in [3.63, 3.8) is 0 Å². The number of para-hydroxylation sites is 1. The molecule has 1 aliphatic heterocycles. The van der Waals surface area contributed by atoms with Crippen LogP contribution in [0.4, 0.5) is 0 Å². The molecule has 5 heteroatoms. The number of benzene rings is 1. The van der Waals surface area contributed by atoms with Crippen LogP contribution in [-0.4, -0.2) is 35.4 Å². The van der Waals surface area contributed by atoms with Gasteiger partial charge in [0.15, 0.2) is 0 Å². The Bertz CT molecular complexity index is 767. The highest BCUT2D eigenvalue weighted by atomic mass is 16.5. The lowest BCUT2D eigenvalue weighted by Gasteiger charge is -2.34. The lowest BCUT2D eigenvalue weighted by molar-refractivity contribution is -0.125. The van der Waals surface area contributed by atoms with Crippen molar-refractivity contribution < 1.29 is 14.3 Å². The second-order valence-electron chi connectivity index (χ2n) is 6.92. The molecule has 4 rings (SSSR count). The highest BCUT2D eigenvalue weighted by molar-refractivity contribution is 6.04. The van der Waals surface area contributed by atoms with Crippen LogP contribution in [-0.2, 0) is 9.53 Å². The summed E-state index contributed by atoms with van der Waals surface area (Å²) in [5.74, 6) is 0.267. The van der Waals surface area contributed by atoms with Gasteiger partial charge in [0.1, 0.15) is 11.9 Å². The lowest BCUT2D eigenvalue weighted by Crippen LogP contribution is -2.47. The number of piperidine rings is 1. The number of hydrogen-bond donors (Lipinski definition) is 2. The van der Waals surface area contributed by atoms with Crippen molar-refractivity contribution in [1.82, 2.24) is 10.3 Å². The molecule has 126 valence electrons. The molecule has 3 unspecified atom stereocenters. The van der Waals surface area contributed by atoms with Crippen LogP contribution < -0.4 is 5.32 Å². The van der Waals surface area contributed by atoms with Crippen molar-refractivity contribution in [3.05, 3.63) is 36.0 Å². The Morgan fingerprint density at radius 3 is 2.96 bits per heavy atom. The maximum absolute atomic E-state index is 12.6. The molecular formula is C19H22N2O3. The fourth-order valence-electron chi connectivity index (χ4n) is 4.00. The minimum absolute atomic E-state index is 0.0854. The van der Waals surface area contributed by atoms with Crippen LogP contribution in [0.25, 0.3) is 10.9 Å². The van der Waals surface area contributed by atoms with Gasteiger partial charge in [-0.1, -0.05) is 18.2 Å². The Kier molecular flexibility index (Phi) is 4.10. The molecule has 0 radical (unpaired) electrons. The number of esters is 1. The van der Waals surface area contributed by atoms with E-state index in [0.29, 0.717) is 17.9 Å². The van der Waals surface area contributed by atoms with Gasteiger partial charge in [-0.2, -0.15) is 0 Å². The predicted octanol–water partition coefficient (Wildman–Crippen LogP) is 2.81. The quantitative estimate of drug-likeness (QED) is 0.833. The Morgan fingerprint density at radius 1 is 1.17 bits per heavy atom. The van der Waals surface area contributed by atoms with Crippen molar-refractivity contribution in [3.8, 4) is 0 Å². The number of ether oxygens (including phenoxy) is 1. The molecule has 2 fully saturated rings. The number of aromatic nitrogens is 1. The molecule has 0 amide bonds. The molecule has 1 saturated heterocycles. The van der Waals surface area contributed by atoms with Crippen molar-refractivity contribution in [2.75, 3.05) is 6.54 Å². The number of carbonyl (C=O) groups excluding carboxylic acids is 2. The molecule has 1 aromatic heterocycles. The first kappa shape index (κ1) is 15.4. The predicted molar refractivity (Wildman–Crippen MR) is 90.9 cm³/mol. The first-order chi connectivity index (χ1) is 11.7. The largest absolute Gasteiger partial charge is 0.459 e. The second kappa shape index (κ2) is 6.40. The zero-order valence-corrected chi connectivity index (χ0v) is 13.6. The highest BCUT2D eigenvalue weighted by Gasteiger charge is 2.33. The minimum atomic E-state index is -0.263. The van der Waals surface area contributed by atoms with Gasteiger partial charge in [-0.25, -0.2) is 4.79 Å². The molecule has 3 atom stereocenters. The summed E-state index contributed by atoms with van der Waals surface area (Å²) in [7, 11) is 0. The van der Waals surface area contributed by atoms with Gasteiger partial charge in [0.2, 0.25) is 0 Å². The Balaban J connectivity index is 1.46. The van der Waals surface area contributed by atoms with Crippen molar-refractivity contribution in [1.29, 1.82) is 0 Å².